The number of nitriles is 1. The molecule has 0 spiro atoms. The number of nitrogens with zero attached hydrogens (tertiary/aromatic N) is 1. The second-order valence-corrected chi connectivity index (χ2v) is 7.11. The van der Waals surface area contributed by atoms with Gasteiger partial charge in [0, 0.05) is 28.8 Å². The zero-order chi connectivity index (χ0) is 18.4. The Morgan fingerprint density at radius 2 is 1.65 bits per heavy atom. The van der Waals surface area contributed by atoms with Crippen LogP contribution in [0.25, 0.3) is 0 Å². The van der Waals surface area contributed by atoms with Crippen molar-refractivity contribution in [1.29, 1.82) is 5.26 Å². The third kappa shape index (κ3) is 4.64. The van der Waals surface area contributed by atoms with Gasteiger partial charge >= 0.3 is 0 Å². The van der Waals surface area contributed by atoms with E-state index in [1.165, 1.54) is 11.8 Å². The quantitative estimate of drug-likeness (QED) is 0.739. The summed E-state index contributed by atoms with van der Waals surface area (Å²) >= 11 is 1.40. The largest absolute Gasteiger partial charge is 0.354 e. The lowest BCUT2D eigenvalue weighted by atomic mass is 10.2. The van der Waals surface area contributed by atoms with E-state index in [0.29, 0.717) is 24.2 Å². The van der Waals surface area contributed by atoms with Crippen LogP contribution in [0.1, 0.15) is 28.8 Å². The van der Waals surface area contributed by atoms with E-state index in [2.05, 4.69) is 16.7 Å². The van der Waals surface area contributed by atoms with Gasteiger partial charge in [0.1, 0.15) is 6.07 Å². The first kappa shape index (κ1) is 18.0. The van der Waals surface area contributed by atoms with Crippen molar-refractivity contribution >= 4 is 23.6 Å². The summed E-state index contributed by atoms with van der Waals surface area (Å²) in [4.78, 5) is 25.7. The molecule has 0 heterocycles. The summed E-state index contributed by atoms with van der Waals surface area (Å²) in [6, 6.07) is 16.8. The zero-order valence-corrected chi connectivity index (χ0v) is 15.0. The highest BCUT2D eigenvalue weighted by Gasteiger charge is 2.29. The van der Waals surface area contributed by atoms with E-state index >= 15 is 0 Å². The van der Waals surface area contributed by atoms with Crippen LogP contribution in [0.3, 0.4) is 0 Å². The normalized spacial score (nSPS) is 12.9. The molecular formula is C20H19N3O2S. The molecule has 0 aromatic heterocycles. The second-order valence-electron chi connectivity index (χ2n) is 6.03. The average Bonchev–Trinajstić information content (AvgIpc) is 3.51. The molecule has 0 bridgehead atoms. The van der Waals surface area contributed by atoms with Gasteiger partial charge in [0.2, 0.25) is 5.91 Å². The maximum atomic E-state index is 12.5. The van der Waals surface area contributed by atoms with Crippen molar-refractivity contribution < 1.29 is 9.59 Å². The van der Waals surface area contributed by atoms with Crippen LogP contribution < -0.4 is 10.6 Å². The molecule has 0 radical (unpaired) electrons. The van der Waals surface area contributed by atoms with Crippen LogP contribution in [0.4, 0.5) is 0 Å². The molecule has 0 saturated heterocycles. The fraction of sp³-hybridized carbons (Fsp3) is 0.250. The van der Waals surface area contributed by atoms with Crippen LogP contribution in [-0.4, -0.2) is 24.9 Å². The van der Waals surface area contributed by atoms with Crippen molar-refractivity contribution in [2.75, 3.05) is 13.1 Å². The van der Waals surface area contributed by atoms with Crippen molar-refractivity contribution in [1.82, 2.24) is 10.6 Å². The van der Waals surface area contributed by atoms with Gasteiger partial charge in [-0.05, 0) is 37.1 Å². The number of benzene rings is 2. The molecule has 1 aliphatic rings. The molecule has 5 nitrogen and oxygen atoms in total. The lowest BCUT2D eigenvalue weighted by Crippen LogP contribution is -2.35. The van der Waals surface area contributed by atoms with Crippen LogP contribution in [0.2, 0.25) is 0 Å². The molecular weight excluding hydrogens is 346 g/mol. The molecule has 1 saturated carbocycles. The third-order valence-electron chi connectivity index (χ3n) is 4.02. The highest BCUT2D eigenvalue weighted by atomic mass is 32.2. The maximum Gasteiger partial charge on any atom is 0.252 e. The number of carbonyl (C=O) groups is 2. The molecule has 2 amide bonds. The standard InChI is InChI=1S/C20H19N3O2S/c21-13-15-5-1-3-7-17(15)26-18-8-4-2-6-16(18)20(25)23-12-11-22-19(24)14-9-10-14/h1-8,14H,9-12H2,(H,22,24)(H,23,25). The van der Waals surface area contributed by atoms with Crippen LogP contribution in [0.5, 0.6) is 0 Å². The summed E-state index contributed by atoms with van der Waals surface area (Å²) in [5.74, 6) is 0.0505. The minimum Gasteiger partial charge on any atom is -0.354 e. The van der Waals surface area contributed by atoms with E-state index in [1.54, 1.807) is 12.1 Å². The predicted octanol–water partition coefficient (Wildman–Crippen LogP) is 2.97. The Morgan fingerprint density at radius 3 is 2.38 bits per heavy atom. The topological polar surface area (TPSA) is 82.0 Å². The smallest absolute Gasteiger partial charge is 0.252 e. The SMILES string of the molecule is N#Cc1ccccc1Sc1ccccc1C(=O)NCCNC(=O)C1CC1. The molecule has 0 atom stereocenters. The Labute approximate surface area is 156 Å². The van der Waals surface area contributed by atoms with Gasteiger partial charge < -0.3 is 10.6 Å². The molecule has 3 rings (SSSR count). The van der Waals surface area contributed by atoms with Crippen molar-refractivity contribution in [3.63, 3.8) is 0 Å². The molecule has 1 aliphatic carbocycles. The van der Waals surface area contributed by atoms with E-state index in [9.17, 15) is 14.9 Å². The molecule has 26 heavy (non-hydrogen) atoms. The fourth-order valence-corrected chi connectivity index (χ4v) is 3.48. The lowest BCUT2D eigenvalue weighted by Gasteiger charge is -2.11. The Balaban J connectivity index is 1.61. The van der Waals surface area contributed by atoms with Crippen LogP contribution in [0, 0.1) is 17.2 Å². The average molecular weight is 365 g/mol. The van der Waals surface area contributed by atoms with Crippen molar-refractivity contribution in [3.8, 4) is 6.07 Å². The highest BCUT2D eigenvalue weighted by molar-refractivity contribution is 7.99. The number of hydrogen-bond donors (Lipinski definition) is 2. The first-order chi connectivity index (χ1) is 12.7. The highest BCUT2D eigenvalue weighted by Crippen LogP contribution is 2.32. The van der Waals surface area contributed by atoms with Crippen molar-refractivity contribution in [2.45, 2.75) is 22.6 Å². The summed E-state index contributed by atoms with van der Waals surface area (Å²) in [5, 5.41) is 14.9. The minimum absolute atomic E-state index is 0.0725. The summed E-state index contributed by atoms with van der Waals surface area (Å²) < 4.78 is 0. The minimum atomic E-state index is -0.191. The maximum absolute atomic E-state index is 12.5. The molecule has 132 valence electrons. The van der Waals surface area contributed by atoms with Gasteiger partial charge in [0.15, 0.2) is 0 Å². The van der Waals surface area contributed by atoms with Gasteiger partial charge in [0.25, 0.3) is 5.91 Å². The van der Waals surface area contributed by atoms with Crippen LogP contribution in [0.15, 0.2) is 58.3 Å². The molecule has 2 aromatic rings. The summed E-state index contributed by atoms with van der Waals surface area (Å²) in [6.07, 6.45) is 1.93. The number of rotatable bonds is 7. The molecule has 1 fully saturated rings. The summed E-state index contributed by atoms with van der Waals surface area (Å²) in [5.41, 5.74) is 1.13. The van der Waals surface area contributed by atoms with Gasteiger partial charge in [-0.3, -0.25) is 9.59 Å². The van der Waals surface area contributed by atoms with Gasteiger partial charge in [-0.1, -0.05) is 36.0 Å². The van der Waals surface area contributed by atoms with Crippen molar-refractivity contribution in [3.05, 3.63) is 59.7 Å². The third-order valence-corrected chi connectivity index (χ3v) is 5.17. The fourth-order valence-electron chi connectivity index (χ4n) is 2.46. The molecule has 2 N–H and O–H groups in total. The van der Waals surface area contributed by atoms with Crippen LogP contribution >= 0.6 is 11.8 Å². The van der Waals surface area contributed by atoms with E-state index < -0.39 is 0 Å². The van der Waals surface area contributed by atoms with E-state index in [4.69, 9.17) is 0 Å². The first-order valence-corrected chi connectivity index (χ1v) is 9.32. The van der Waals surface area contributed by atoms with Crippen molar-refractivity contribution in [2.24, 2.45) is 5.92 Å². The molecule has 6 heteroatoms. The number of carbonyl (C=O) groups excluding carboxylic acids is 2. The molecule has 0 aliphatic heterocycles. The van der Waals surface area contributed by atoms with E-state index in [-0.39, 0.29) is 17.7 Å². The lowest BCUT2D eigenvalue weighted by molar-refractivity contribution is -0.122. The Bertz CT molecular complexity index is 856. The number of nitrogens with one attached hydrogen (secondary N) is 2. The Morgan fingerprint density at radius 1 is 1.00 bits per heavy atom. The summed E-state index contributed by atoms with van der Waals surface area (Å²) in [6.45, 7) is 0.804. The van der Waals surface area contributed by atoms with Crippen LogP contribution in [-0.2, 0) is 4.79 Å². The second kappa shape index (κ2) is 8.54. The van der Waals surface area contributed by atoms with E-state index in [1.807, 2.05) is 36.4 Å². The Kier molecular flexibility index (Phi) is 5.92. The number of hydrogen-bond acceptors (Lipinski definition) is 4. The van der Waals surface area contributed by atoms with Gasteiger partial charge in [-0.25, -0.2) is 0 Å². The monoisotopic (exact) mass is 365 g/mol. The Hall–Kier alpha value is -2.78. The summed E-state index contributed by atoms with van der Waals surface area (Å²) in [7, 11) is 0. The number of amides is 2. The van der Waals surface area contributed by atoms with Gasteiger partial charge in [-0.2, -0.15) is 5.26 Å². The van der Waals surface area contributed by atoms with E-state index in [0.717, 1.165) is 22.6 Å². The van der Waals surface area contributed by atoms with Gasteiger partial charge in [-0.15, -0.1) is 0 Å². The first-order valence-electron chi connectivity index (χ1n) is 8.51. The molecule has 0 unspecified atom stereocenters. The predicted molar refractivity (Wildman–Crippen MR) is 99.8 cm³/mol. The molecule has 2 aromatic carbocycles. The van der Waals surface area contributed by atoms with Gasteiger partial charge in [0.05, 0.1) is 11.1 Å². The zero-order valence-electron chi connectivity index (χ0n) is 14.2.